The number of benzene rings is 1. The first-order valence-electron chi connectivity index (χ1n) is 11.6. The number of rotatable bonds is 10. The van der Waals surface area contributed by atoms with E-state index >= 15 is 0 Å². The maximum absolute atomic E-state index is 13.9. The second kappa shape index (κ2) is 11.3. The zero-order chi connectivity index (χ0) is 23.0. The molecule has 1 fully saturated rings. The van der Waals surface area contributed by atoms with Crippen LogP contribution in [-0.4, -0.2) is 36.4 Å². The summed E-state index contributed by atoms with van der Waals surface area (Å²) in [6.07, 6.45) is 5.67. The summed E-state index contributed by atoms with van der Waals surface area (Å²) in [5, 5.41) is 0.675. The van der Waals surface area contributed by atoms with Crippen molar-refractivity contribution in [2.45, 2.75) is 46.1 Å². The largest absolute Gasteiger partial charge is 0.493 e. The van der Waals surface area contributed by atoms with Gasteiger partial charge in [0.05, 0.1) is 24.4 Å². The molecule has 0 bridgehead atoms. The second-order valence-corrected chi connectivity index (χ2v) is 8.36. The molecule has 0 atom stereocenters. The summed E-state index contributed by atoms with van der Waals surface area (Å²) in [4.78, 5) is 9.00. The molecule has 0 spiro atoms. The molecule has 1 aliphatic rings. The average molecular weight is 455 g/mol. The molecule has 0 amide bonds. The molecular formula is C26H31FN2O4. The molecule has 176 valence electrons. The number of nitrogens with zero attached hydrogens (tertiary/aromatic N) is 2. The van der Waals surface area contributed by atoms with Gasteiger partial charge < -0.3 is 18.9 Å². The van der Waals surface area contributed by atoms with Crippen molar-refractivity contribution in [3.63, 3.8) is 0 Å². The van der Waals surface area contributed by atoms with E-state index in [1.165, 1.54) is 12.1 Å². The minimum Gasteiger partial charge on any atom is -0.493 e. The molecule has 6 nitrogen and oxygen atoms in total. The predicted molar refractivity (Wildman–Crippen MR) is 124 cm³/mol. The number of ether oxygens (including phenoxy) is 4. The summed E-state index contributed by atoms with van der Waals surface area (Å²) in [7, 11) is 0. The first-order chi connectivity index (χ1) is 16.1. The van der Waals surface area contributed by atoms with Gasteiger partial charge in [-0.15, -0.1) is 0 Å². The molecule has 1 aromatic carbocycles. The Balaban J connectivity index is 1.47. The molecule has 0 radical (unpaired) electrons. The van der Waals surface area contributed by atoms with Crippen LogP contribution in [0.1, 0.15) is 43.9 Å². The van der Waals surface area contributed by atoms with Gasteiger partial charge in [-0.05, 0) is 56.4 Å². The van der Waals surface area contributed by atoms with E-state index in [4.69, 9.17) is 23.9 Å². The topological polar surface area (TPSA) is 62.7 Å². The van der Waals surface area contributed by atoms with Gasteiger partial charge in [0.15, 0.2) is 0 Å². The van der Waals surface area contributed by atoms with E-state index in [-0.39, 0.29) is 12.4 Å². The summed E-state index contributed by atoms with van der Waals surface area (Å²) >= 11 is 0. The van der Waals surface area contributed by atoms with Crippen LogP contribution >= 0.6 is 0 Å². The molecule has 4 rings (SSSR count). The van der Waals surface area contributed by atoms with Crippen LogP contribution in [0.5, 0.6) is 17.4 Å². The van der Waals surface area contributed by atoms with Gasteiger partial charge in [-0.2, -0.15) is 0 Å². The Bertz CT molecular complexity index is 1070. The van der Waals surface area contributed by atoms with Gasteiger partial charge in [0.25, 0.3) is 0 Å². The van der Waals surface area contributed by atoms with Gasteiger partial charge in [-0.25, -0.2) is 14.4 Å². The first kappa shape index (κ1) is 23.2. The van der Waals surface area contributed by atoms with Crippen LogP contribution in [0.3, 0.4) is 0 Å². The highest BCUT2D eigenvalue weighted by molar-refractivity contribution is 5.86. The highest BCUT2D eigenvalue weighted by Gasteiger charge is 2.16. The molecular weight excluding hydrogens is 423 g/mol. The lowest BCUT2D eigenvalue weighted by molar-refractivity contribution is 0.0497. The predicted octanol–water partition coefficient (Wildman–Crippen LogP) is 5.64. The third kappa shape index (κ3) is 6.11. The highest BCUT2D eigenvalue weighted by atomic mass is 19.1. The third-order valence-electron chi connectivity index (χ3n) is 5.87. The minimum atomic E-state index is -0.310. The van der Waals surface area contributed by atoms with Gasteiger partial charge in [-0.3, -0.25) is 0 Å². The van der Waals surface area contributed by atoms with Crippen LogP contribution in [-0.2, 0) is 11.3 Å². The maximum Gasteiger partial charge on any atom is 0.217 e. The fraction of sp³-hybridized carbons (Fsp3) is 0.462. The lowest BCUT2D eigenvalue weighted by atomic mass is 10.0. The van der Waals surface area contributed by atoms with Crippen molar-refractivity contribution >= 4 is 10.9 Å². The molecule has 0 saturated carbocycles. The van der Waals surface area contributed by atoms with E-state index in [0.29, 0.717) is 41.7 Å². The van der Waals surface area contributed by atoms with Crippen molar-refractivity contribution in [3.8, 4) is 17.4 Å². The molecule has 1 aliphatic heterocycles. The summed E-state index contributed by atoms with van der Waals surface area (Å²) in [6.45, 7) is 7.09. The summed E-state index contributed by atoms with van der Waals surface area (Å²) < 4.78 is 37.2. The Kier molecular flexibility index (Phi) is 7.94. The van der Waals surface area contributed by atoms with Gasteiger partial charge in [0.1, 0.15) is 23.9 Å². The SMILES string of the molecule is CCCCOc1c(C)c(COc2cc(OCC3CCOCC3)ccn2)nc2ccc(F)cc12. The van der Waals surface area contributed by atoms with Crippen LogP contribution in [0, 0.1) is 18.7 Å². The highest BCUT2D eigenvalue weighted by Crippen LogP contribution is 2.32. The number of aromatic nitrogens is 2. The lowest BCUT2D eigenvalue weighted by Crippen LogP contribution is -2.21. The first-order valence-corrected chi connectivity index (χ1v) is 11.6. The van der Waals surface area contributed by atoms with Crippen molar-refractivity contribution in [1.82, 2.24) is 9.97 Å². The van der Waals surface area contributed by atoms with E-state index in [0.717, 1.165) is 55.9 Å². The van der Waals surface area contributed by atoms with Crippen molar-refractivity contribution in [3.05, 3.63) is 53.6 Å². The second-order valence-electron chi connectivity index (χ2n) is 8.36. The number of unbranched alkanes of at least 4 members (excludes halogenated alkanes) is 1. The molecule has 33 heavy (non-hydrogen) atoms. The molecule has 3 aromatic rings. The quantitative estimate of drug-likeness (QED) is 0.370. The number of fused-ring (bicyclic) bond motifs is 1. The molecule has 2 aromatic heterocycles. The van der Waals surface area contributed by atoms with E-state index in [1.54, 1.807) is 18.3 Å². The van der Waals surface area contributed by atoms with Gasteiger partial charge in [-0.1, -0.05) is 13.3 Å². The standard InChI is InChI=1S/C26H31FN2O4/c1-3-4-11-31-26-18(2)24(29-23-6-5-20(27)14-22(23)26)17-33-25-15-21(7-10-28-25)32-16-19-8-12-30-13-9-19/h5-7,10,14-15,19H,3-4,8-9,11-13,16-17H2,1-2H3. The molecule has 0 N–H and O–H groups in total. The summed E-state index contributed by atoms with van der Waals surface area (Å²) in [5.74, 6) is 2.06. The van der Waals surface area contributed by atoms with Gasteiger partial charge >= 0.3 is 0 Å². The minimum absolute atomic E-state index is 0.222. The fourth-order valence-corrected chi connectivity index (χ4v) is 3.82. The van der Waals surface area contributed by atoms with E-state index in [9.17, 15) is 4.39 Å². The maximum atomic E-state index is 13.9. The van der Waals surface area contributed by atoms with Gasteiger partial charge in [0.2, 0.25) is 5.88 Å². The van der Waals surface area contributed by atoms with Crippen LogP contribution < -0.4 is 14.2 Å². The molecule has 1 saturated heterocycles. The van der Waals surface area contributed by atoms with E-state index < -0.39 is 0 Å². The zero-order valence-corrected chi connectivity index (χ0v) is 19.3. The van der Waals surface area contributed by atoms with Crippen molar-refractivity contribution in [1.29, 1.82) is 0 Å². The fourth-order valence-electron chi connectivity index (χ4n) is 3.82. The smallest absolute Gasteiger partial charge is 0.217 e. The Morgan fingerprint density at radius 3 is 2.76 bits per heavy atom. The number of halogens is 1. The molecule has 7 heteroatoms. The summed E-state index contributed by atoms with van der Waals surface area (Å²) in [6, 6.07) is 8.18. The monoisotopic (exact) mass is 454 g/mol. The Morgan fingerprint density at radius 1 is 1.09 bits per heavy atom. The Morgan fingerprint density at radius 2 is 1.94 bits per heavy atom. The molecule has 3 heterocycles. The Labute approximate surface area is 194 Å². The average Bonchev–Trinajstić information content (AvgIpc) is 2.84. The number of pyridine rings is 2. The third-order valence-corrected chi connectivity index (χ3v) is 5.87. The summed E-state index contributed by atoms with van der Waals surface area (Å²) in [5.41, 5.74) is 2.25. The van der Waals surface area contributed by atoms with Crippen LogP contribution in [0.2, 0.25) is 0 Å². The van der Waals surface area contributed by atoms with Gasteiger partial charge in [0, 0.05) is 36.4 Å². The van der Waals surface area contributed by atoms with Crippen LogP contribution in [0.25, 0.3) is 10.9 Å². The van der Waals surface area contributed by atoms with E-state index in [1.807, 2.05) is 13.0 Å². The van der Waals surface area contributed by atoms with Crippen LogP contribution in [0.15, 0.2) is 36.5 Å². The molecule has 0 unspecified atom stereocenters. The van der Waals surface area contributed by atoms with Crippen molar-refractivity contribution in [2.75, 3.05) is 26.4 Å². The van der Waals surface area contributed by atoms with Crippen LogP contribution in [0.4, 0.5) is 4.39 Å². The van der Waals surface area contributed by atoms with E-state index in [2.05, 4.69) is 11.9 Å². The van der Waals surface area contributed by atoms with Crippen molar-refractivity contribution in [2.24, 2.45) is 5.92 Å². The van der Waals surface area contributed by atoms with Crippen molar-refractivity contribution < 1.29 is 23.3 Å². The number of hydrogen-bond donors (Lipinski definition) is 0. The lowest BCUT2D eigenvalue weighted by Gasteiger charge is -2.22. The molecule has 0 aliphatic carbocycles. The normalized spacial score (nSPS) is 14.4. The zero-order valence-electron chi connectivity index (χ0n) is 19.3. The Hall–Kier alpha value is -2.93. The number of hydrogen-bond acceptors (Lipinski definition) is 6.